The number of aryl methyl sites for hydroxylation is 1. The molecule has 88 valence electrons. The Morgan fingerprint density at radius 2 is 2.06 bits per heavy atom. The quantitative estimate of drug-likeness (QED) is 0.821. The van der Waals surface area contributed by atoms with Crippen LogP contribution in [-0.4, -0.2) is 15.0 Å². The van der Waals surface area contributed by atoms with Gasteiger partial charge in [-0.3, -0.25) is 4.98 Å². The zero-order valence-electron chi connectivity index (χ0n) is 10.2. The van der Waals surface area contributed by atoms with E-state index in [9.17, 15) is 0 Å². The summed E-state index contributed by atoms with van der Waals surface area (Å²) in [6.45, 7) is 6.27. The first-order valence-electron chi connectivity index (χ1n) is 5.60. The standard InChI is InChI=1S/C13H15N3S/c1-8(2)10-7-12(17)16-13(15-10)11-6-9(3)4-5-14-11/h4-8H,1-3H3,(H,15,16,17). The Labute approximate surface area is 106 Å². The van der Waals surface area contributed by atoms with Gasteiger partial charge in [-0.25, -0.2) is 4.98 Å². The fraction of sp³-hybridized carbons (Fsp3) is 0.308. The maximum absolute atomic E-state index is 5.18. The predicted molar refractivity (Wildman–Crippen MR) is 71.5 cm³/mol. The van der Waals surface area contributed by atoms with Crippen LogP contribution in [0.1, 0.15) is 31.0 Å². The van der Waals surface area contributed by atoms with Gasteiger partial charge in [-0.2, -0.15) is 0 Å². The van der Waals surface area contributed by atoms with Gasteiger partial charge in [0.05, 0.1) is 0 Å². The third kappa shape index (κ3) is 2.77. The molecule has 0 aliphatic rings. The first-order chi connectivity index (χ1) is 8.06. The van der Waals surface area contributed by atoms with Gasteiger partial charge in [0.2, 0.25) is 0 Å². The molecule has 0 aromatic carbocycles. The molecule has 2 aromatic heterocycles. The van der Waals surface area contributed by atoms with Crippen LogP contribution in [0, 0.1) is 11.6 Å². The van der Waals surface area contributed by atoms with Crippen molar-refractivity contribution in [1.82, 2.24) is 15.0 Å². The van der Waals surface area contributed by atoms with Crippen molar-refractivity contribution in [1.29, 1.82) is 0 Å². The van der Waals surface area contributed by atoms with Crippen LogP contribution in [0.2, 0.25) is 0 Å². The van der Waals surface area contributed by atoms with E-state index >= 15 is 0 Å². The number of hydrogen-bond acceptors (Lipinski definition) is 3. The molecule has 17 heavy (non-hydrogen) atoms. The number of pyridine rings is 1. The summed E-state index contributed by atoms with van der Waals surface area (Å²) < 4.78 is 0.603. The molecule has 0 saturated carbocycles. The smallest absolute Gasteiger partial charge is 0.157 e. The van der Waals surface area contributed by atoms with Gasteiger partial charge in [0, 0.05) is 11.9 Å². The summed E-state index contributed by atoms with van der Waals surface area (Å²) in [7, 11) is 0. The van der Waals surface area contributed by atoms with Crippen molar-refractivity contribution in [2.75, 3.05) is 0 Å². The Morgan fingerprint density at radius 3 is 2.71 bits per heavy atom. The number of rotatable bonds is 2. The number of nitrogens with zero attached hydrogens (tertiary/aromatic N) is 2. The zero-order chi connectivity index (χ0) is 12.4. The van der Waals surface area contributed by atoms with Crippen LogP contribution < -0.4 is 0 Å². The minimum Gasteiger partial charge on any atom is -0.342 e. The Kier molecular flexibility index (Phi) is 3.33. The molecule has 0 unspecified atom stereocenters. The number of H-pyrrole nitrogens is 1. The Bertz CT molecular complexity index is 587. The van der Waals surface area contributed by atoms with Crippen LogP contribution in [-0.2, 0) is 0 Å². The largest absolute Gasteiger partial charge is 0.342 e. The molecule has 2 aromatic rings. The molecular formula is C13H15N3S. The molecule has 0 atom stereocenters. The molecule has 0 saturated heterocycles. The van der Waals surface area contributed by atoms with Crippen LogP contribution in [0.4, 0.5) is 0 Å². The maximum atomic E-state index is 5.18. The number of aromatic nitrogens is 3. The fourth-order valence-corrected chi connectivity index (χ4v) is 1.79. The van der Waals surface area contributed by atoms with Gasteiger partial charge in [0.15, 0.2) is 5.82 Å². The lowest BCUT2D eigenvalue weighted by Crippen LogP contribution is -1.99. The van der Waals surface area contributed by atoms with E-state index in [0.29, 0.717) is 10.6 Å². The third-order valence-corrected chi connectivity index (χ3v) is 2.75. The predicted octanol–water partition coefficient (Wildman–Crippen LogP) is 3.63. The van der Waals surface area contributed by atoms with Crippen LogP contribution in [0.15, 0.2) is 24.4 Å². The number of nitrogens with one attached hydrogen (secondary N) is 1. The van der Waals surface area contributed by atoms with Gasteiger partial charge >= 0.3 is 0 Å². The van der Waals surface area contributed by atoms with Crippen molar-refractivity contribution in [3.63, 3.8) is 0 Å². The molecule has 0 fully saturated rings. The maximum Gasteiger partial charge on any atom is 0.157 e. The zero-order valence-corrected chi connectivity index (χ0v) is 11.0. The van der Waals surface area contributed by atoms with Crippen molar-refractivity contribution >= 4 is 12.2 Å². The summed E-state index contributed by atoms with van der Waals surface area (Å²) in [4.78, 5) is 11.9. The third-order valence-electron chi connectivity index (χ3n) is 2.54. The second-order valence-corrected chi connectivity index (χ2v) is 4.81. The average molecular weight is 245 g/mol. The molecule has 2 rings (SSSR count). The van der Waals surface area contributed by atoms with Gasteiger partial charge in [0.25, 0.3) is 0 Å². The molecule has 1 N–H and O–H groups in total. The molecule has 0 amide bonds. The van der Waals surface area contributed by atoms with Crippen LogP contribution in [0.25, 0.3) is 11.5 Å². The summed E-state index contributed by atoms with van der Waals surface area (Å²) in [5, 5.41) is 0. The number of hydrogen-bond donors (Lipinski definition) is 1. The molecular weight excluding hydrogens is 230 g/mol. The highest BCUT2D eigenvalue weighted by molar-refractivity contribution is 7.71. The van der Waals surface area contributed by atoms with Crippen molar-refractivity contribution in [3.05, 3.63) is 40.3 Å². The van der Waals surface area contributed by atoms with Crippen LogP contribution in [0.3, 0.4) is 0 Å². The molecule has 2 heterocycles. The van der Waals surface area contributed by atoms with Gasteiger partial charge in [0.1, 0.15) is 10.3 Å². The van der Waals surface area contributed by atoms with E-state index in [-0.39, 0.29) is 0 Å². The summed E-state index contributed by atoms with van der Waals surface area (Å²) in [6, 6.07) is 5.86. The minimum atomic E-state index is 0.392. The molecule has 0 spiro atoms. The summed E-state index contributed by atoms with van der Waals surface area (Å²) >= 11 is 5.18. The van der Waals surface area contributed by atoms with Crippen LogP contribution >= 0.6 is 12.2 Å². The van der Waals surface area contributed by atoms with E-state index in [2.05, 4.69) is 28.8 Å². The molecule has 0 bridgehead atoms. The Balaban J connectivity index is 2.56. The highest BCUT2D eigenvalue weighted by Crippen LogP contribution is 2.17. The summed E-state index contributed by atoms with van der Waals surface area (Å²) in [6.07, 6.45) is 1.78. The molecule has 0 aliphatic carbocycles. The monoisotopic (exact) mass is 245 g/mol. The molecule has 3 nitrogen and oxygen atoms in total. The van der Waals surface area contributed by atoms with E-state index in [4.69, 9.17) is 12.2 Å². The lowest BCUT2D eigenvalue weighted by atomic mass is 10.1. The van der Waals surface area contributed by atoms with Gasteiger partial charge < -0.3 is 4.98 Å². The second-order valence-electron chi connectivity index (χ2n) is 4.40. The van der Waals surface area contributed by atoms with Crippen LogP contribution in [0.5, 0.6) is 0 Å². The second kappa shape index (κ2) is 4.75. The topological polar surface area (TPSA) is 41.6 Å². The van der Waals surface area contributed by atoms with Crippen molar-refractivity contribution in [2.45, 2.75) is 26.7 Å². The molecule has 0 radical (unpaired) electrons. The first kappa shape index (κ1) is 11.9. The van der Waals surface area contributed by atoms with Crippen molar-refractivity contribution < 1.29 is 0 Å². The summed E-state index contributed by atoms with van der Waals surface area (Å²) in [5.74, 6) is 1.13. The average Bonchev–Trinajstić information content (AvgIpc) is 2.28. The van der Waals surface area contributed by atoms with Gasteiger partial charge in [-0.15, -0.1) is 0 Å². The molecule has 0 aliphatic heterocycles. The Morgan fingerprint density at radius 1 is 1.29 bits per heavy atom. The van der Waals surface area contributed by atoms with E-state index in [1.165, 1.54) is 0 Å². The van der Waals surface area contributed by atoms with E-state index in [1.807, 2.05) is 25.1 Å². The van der Waals surface area contributed by atoms with E-state index < -0.39 is 0 Å². The lowest BCUT2D eigenvalue weighted by molar-refractivity contribution is 0.814. The highest BCUT2D eigenvalue weighted by atomic mass is 32.1. The van der Waals surface area contributed by atoms with Gasteiger partial charge in [-0.1, -0.05) is 26.1 Å². The SMILES string of the molecule is Cc1ccnc(-c2nc(=S)cc(C(C)C)[nH]2)c1. The molecule has 4 heteroatoms. The Hall–Kier alpha value is -1.55. The fourth-order valence-electron chi connectivity index (χ4n) is 1.57. The normalized spacial score (nSPS) is 10.8. The van der Waals surface area contributed by atoms with E-state index in [0.717, 1.165) is 22.8 Å². The van der Waals surface area contributed by atoms with Crippen molar-refractivity contribution in [2.24, 2.45) is 0 Å². The minimum absolute atomic E-state index is 0.392. The lowest BCUT2D eigenvalue weighted by Gasteiger charge is -2.08. The van der Waals surface area contributed by atoms with Gasteiger partial charge in [-0.05, 0) is 36.6 Å². The van der Waals surface area contributed by atoms with Crippen molar-refractivity contribution in [3.8, 4) is 11.5 Å². The number of aromatic amines is 1. The summed E-state index contributed by atoms with van der Waals surface area (Å²) in [5.41, 5.74) is 3.08. The first-order valence-corrected chi connectivity index (χ1v) is 6.01. The highest BCUT2D eigenvalue weighted by Gasteiger charge is 2.06. The van der Waals surface area contributed by atoms with E-state index in [1.54, 1.807) is 6.20 Å².